The Balaban J connectivity index is 2.13. The summed E-state index contributed by atoms with van der Waals surface area (Å²) in [5.41, 5.74) is 7.45. The van der Waals surface area contributed by atoms with Gasteiger partial charge in [0.05, 0.1) is 10.7 Å². The van der Waals surface area contributed by atoms with Gasteiger partial charge in [0, 0.05) is 27.6 Å². The zero-order valence-corrected chi connectivity index (χ0v) is 11.2. The van der Waals surface area contributed by atoms with Gasteiger partial charge in [0.2, 0.25) is 0 Å². The van der Waals surface area contributed by atoms with Gasteiger partial charge >= 0.3 is 0 Å². The topological polar surface area (TPSA) is 38.9 Å². The molecule has 0 aliphatic carbocycles. The van der Waals surface area contributed by atoms with Crippen molar-refractivity contribution in [3.8, 4) is 0 Å². The molecular formula is C12H10Cl2N2S. The van der Waals surface area contributed by atoms with E-state index in [2.05, 4.69) is 4.98 Å². The van der Waals surface area contributed by atoms with Crippen molar-refractivity contribution in [2.75, 3.05) is 5.73 Å². The van der Waals surface area contributed by atoms with E-state index in [0.29, 0.717) is 21.5 Å². The summed E-state index contributed by atoms with van der Waals surface area (Å²) in [7, 11) is 0. The van der Waals surface area contributed by atoms with Crippen molar-refractivity contribution >= 4 is 40.7 Å². The predicted molar refractivity (Wildman–Crippen MR) is 74.7 cm³/mol. The van der Waals surface area contributed by atoms with Crippen LogP contribution in [0.25, 0.3) is 0 Å². The molecule has 0 radical (unpaired) electrons. The summed E-state index contributed by atoms with van der Waals surface area (Å²) in [6.07, 6.45) is 1.69. The first-order valence-electron chi connectivity index (χ1n) is 4.94. The molecule has 5 heteroatoms. The lowest BCUT2D eigenvalue weighted by molar-refractivity contribution is 1.17. The van der Waals surface area contributed by atoms with Crippen LogP contribution in [-0.4, -0.2) is 4.98 Å². The van der Waals surface area contributed by atoms with E-state index in [4.69, 9.17) is 28.9 Å². The number of thioether (sulfide) groups is 1. The van der Waals surface area contributed by atoms with Gasteiger partial charge in [0.25, 0.3) is 0 Å². The number of benzene rings is 1. The van der Waals surface area contributed by atoms with Crippen LogP contribution in [-0.2, 0) is 5.75 Å². The fraction of sp³-hybridized carbons (Fsp3) is 0.0833. The number of hydrogen-bond acceptors (Lipinski definition) is 3. The SMILES string of the molecule is Nc1cccc(Cl)c1SCc1cc(Cl)ccn1. The normalized spacial score (nSPS) is 10.5. The van der Waals surface area contributed by atoms with E-state index in [1.807, 2.05) is 24.3 Å². The number of anilines is 1. The summed E-state index contributed by atoms with van der Waals surface area (Å²) >= 11 is 13.5. The first-order chi connectivity index (χ1) is 8.16. The van der Waals surface area contributed by atoms with Gasteiger partial charge in [-0.25, -0.2) is 0 Å². The Morgan fingerprint density at radius 2 is 2.06 bits per heavy atom. The molecule has 1 heterocycles. The quantitative estimate of drug-likeness (QED) is 0.676. The van der Waals surface area contributed by atoms with Gasteiger partial charge in [-0.3, -0.25) is 4.98 Å². The summed E-state index contributed by atoms with van der Waals surface area (Å²) in [6.45, 7) is 0. The summed E-state index contributed by atoms with van der Waals surface area (Å²) < 4.78 is 0. The first kappa shape index (κ1) is 12.6. The minimum Gasteiger partial charge on any atom is -0.398 e. The smallest absolute Gasteiger partial charge is 0.0562 e. The zero-order valence-electron chi connectivity index (χ0n) is 8.86. The standard InChI is InChI=1S/C12H10Cl2N2S/c13-8-4-5-16-9(6-8)7-17-12-10(14)2-1-3-11(12)15/h1-6H,7,15H2. The van der Waals surface area contributed by atoms with Crippen LogP contribution >= 0.6 is 35.0 Å². The van der Waals surface area contributed by atoms with Crippen LogP contribution in [0.3, 0.4) is 0 Å². The fourth-order valence-corrected chi connectivity index (χ4v) is 2.77. The van der Waals surface area contributed by atoms with Crippen molar-refractivity contribution in [3.63, 3.8) is 0 Å². The molecule has 0 amide bonds. The Labute approximate surface area is 114 Å². The predicted octanol–water partition coefficient (Wildman–Crippen LogP) is 4.26. The molecule has 2 N–H and O–H groups in total. The molecule has 0 aliphatic heterocycles. The van der Waals surface area contributed by atoms with Gasteiger partial charge in [-0.1, -0.05) is 29.3 Å². The largest absolute Gasteiger partial charge is 0.398 e. The third-order valence-corrected chi connectivity index (χ3v) is 3.99. The third-order valence-electron chi connectivity index (χ3n) is 2.14. The van der Waals surface area contributed by atoms with Gasteiger partial charge in [0.1, 0.15) is 0 Å². The molecule has 2 rings (SSSR count). The number of rotatable bonds is 3. The second-order valence-corrected chi connectivity index (χ2v) is 5.24. The van der Waals surface area contributed by atoms with E-state index in [-0.39, 0.29) is 0 Å². The van der Waals surface area contributed by atoms with Crippen molar-refractivity contribution in [1.82, 2.24) is 4.98 Å². The van der Waals surface area contributed by atoms with Crippen LogP contribution in [0.2, 0.25) is 10.0 Å². The summed E-state index contributed by atoms with van der Waals surface area (Å²) in [5.74, 6) is 0.689. The van der Waals surface area contributed by atoms with Crippen molar-refractivity contribution in [3.05, 3.63) is 52.3 Å². The minimum atomic E-state index is 0.664. The van der Waals surface area contributed by atoms with Gasteiger partial charge < -0.3 is 5.73 Å². The number of halogens is 2. The second kappa shape index (κ2) is 5.63. The lowest BCUT2D eigenvalue weighted by Crippen LogP contribution is -1.91. The highest BCUT2D eigenvalue weighted by atomic mass is 35.5. The molecule has 0 saturated heterocycles. The van der Waals surface area contributed by atoms with Crippen LogP contribution in [0.5, 0.6) is 0 Å². The molecule has 0 atom stereocenters. The van der Waals surface area contributed by atoms with E-state index in [9.17, 15) is 0 Å². The Bertz CT molecular complexity index is 511. The van der Waals surface area contributed by atoms with Crippen molar-refractivity contribution in [2.45, 2.75) is 10.6 Å². The molecule has 0 aliphatic rings. The Morgan fingerprint density at radius 1 is 1.24 bits per heavy atom. The maximum atomic E-state index is 6.08. The highest BCUT2D eigenvalue weighted by Crippen LogP contribution is 2.34. The number of aromatic nitrogens is 1. The number of hydrogen-bond donors (Lipinski definition) is 1. The van der Waals surface area contributed by atoms with Crippen LogP contribution < -0.4 is 5.73 Å². The maximum Gasteiger partial charge on any atom is 0.0562 e. The number of nitrogens with two attached hydrogens (primary N) is 1. The zero-order chi connectivity index (χ0) is 12.3. The Morgan fingerprint density at radius 3 is 2.76 bits per heavy atom. The van der Waals surface area contributed by atoms with Crippen LogP contribution in [0, 0.1) is 0 Å². The van der Waals surface area contributed by atoms with Crippen molar-refractivity contribution in [2.24, 2.45) is 0 Å². The summed E-state index contributed by atoms with van der Waals surface area (Å²) in [6, 6.07) is 9.08. The van der Waals surface area contributed by atoms with E-state index < -0.39 is 0 Å². The summed E-state index contributed by atoms with van der Waals surface area (Å²) in [4.78, 5) is 5.11. The lowest BCUT2D eigenvalue weighted by Gasteiger charge is -2.07. The van der Waals surface area contributed by atoms with Crippen LogP contribution in [0.4, 0.5) is 5.69 Å². The van der Waals surface area contributed by atoms with E-state index in [0.717, 1.165) is 10.6 Å². The molecule has 0 spiro atoms. The van der Waals surface area contributed by atoms with Crippen molar-refractivity contribution < 1.29 is 0 Å². The second-order valence-electron chi connectivity index (χ2n) is 3.41. The molecule has 1 aromatic heterocycles. The van der Waals surface area contributed by atoms with Crippen molar-refractivity contribution in [1.29, 1.82) is 0 Å². The third kappa shape index (κ3) is 3.28. The highest BCUT2D eigenvalue weighted by Gasteiger charge is 2.06. The maximum absolute atomic E-state index is 6.08. The first-order valence-corrected chi connectivity index (χ1v) is 6.68. The van der Waals surface area contributed by atoms with E-state index >= 15 is 0 Å². The van der Waals surface area contributed by atoms with Gasteiger partial charge in [-0.2, -0.15) is 0 Å². The number of nitrogen functional groups attached to an aromatic ring is 1. The van der Waals surface area contributed by atoms with Crippen LogP contribution in [0.1, 0.15) is 5.69 Å². The van der Waals surface area contributed by atoms with Crippen LogP contribution in [0.15, 0.2) is 41.4 Å². The molecule has 17 heavy (non-hydrogen) atoms. The van der Waals surface area contributed by atoms with Gasteiger partial charge in [-0.15, -0.1) is 11.8 Å². The molecule has 0 unspecified atom stereocenters. The monoisotopic (exact) mass is 284 g/mol. The molecule has 0 saturated carbocycles. The minimum absolute atomic E-state index is 0.664. The van der Waals surface area contributed by atoms with E-state index in [1.54, 1.807) is 24.0 Å². The molecule has 2 aromatic rings. The van der Waals surface area contributed by atoms with Gasteiger partial charge in [0.15, 0.2) is 0 Å². The van der Waals surface area contributed by atoms with E-state index in [1.165, 1.54) is 0 Å². The fourth-order valence-electron chi connectivity index (χ4n) is 1.35. The summed E-state index contributed by atoms with van der Waals surface area (Å²) in [5, 5.41) is 1.35. The highest BCUT2D eigenvalue weighted by molar-refractivity contribution is 7.98. The number of pyridine rings is 1. The molecular weight excluding hydrogens is 275 g/mol. The number of nitrogens with zero attached hydrogens (tertiary/aromatic N) is 1. The molecule has 88 valence electrons. The Kier molecular flexibility index (Phi) is 4.15. The average molecular weight is 285 g/mol. The lowest BCUT2D eigenvalue weighted by atomic mass is 10.3. The Hall–Kier alpha value is -0.900. The molecule has 0 bridgehead atoms. The molecule has 1 aromatic carbocycles. The molecule has 2 nitrogen and oxygen atoms in total. The molecule has 0 fully saturated rings. The average Bonchev–Trinajstić information content (AvgIpc) is 2.28. The van der Waals surface area contributed by atoms with Gasteiger partial charge in [-0.05, 0) is 24.3 Å².